The van der Waals surface area contributed by atoms with Crippen molar-refractivity contribution in [2.24, 2.45) is 0 Å². The summed E-state index contributed by atoms with van der Waals surface area (Å²) >= 11 is 0. The van der Waals surface area contributed by atoms with Crippen LogP contribution in [0.3, 0.4) is 0 Å². The van der Waals surface area contributed by atoms with Gasteiger partial charge in [0.2, 0.25) is 11.8 Å². The lowest BCUT2D eigenvalue weighted by Gasteiger charge is -2.40. The number of benzene rings is 1. The molecule has 0 aliphatic carbocycles. The van der Waals surface area contributed by atoms with Gasteiger partial charge in [0.1, 0.15) is 6.04 Å². The van der Waals surface area contributed by atoms with Crippen molar-refractivity contribution in [3.63, 3.8) is 0 Å². The standard InChI is InChI=1S/C22H34N4O3/c1-3-24(4-2)22(28)21(19-8-6-5-7-9-19)26-12-10-23(11-13-26)18-20(27)25-14-16-29-17-15-25/h5-9,21H,3-4,10-18H2,1-2H3. The highest BCUT2D eigenvalue weighted by Crippen LogP contribution is 2.24. The maximum absolute atomic E-state index is 13.3. The third kappa shape index (κ3) is 5.56. The molecule has 1 aromatic carbocycles. The Morgan fingerprint density at radius 1 is 0.966 bits per heavy atom. The molecule has 29 heavy (non-hydrogen) atoms. The summed E-state index contributed by atoms with van der Waals surface area (Å²) in [6.45, 7) is 11.7. The van der Waals surface area contributed by atoms with E-state index in [1.165, 1.54) is 0 Å². The monoisotopic (exact) mass is 402 g/mol. The molecule has 0 saturated carbocycles. The second-order valence-corrected chi connectivity index (χ2v) is 7.63. The first kappa shape index (κ1) is 21.7. The van der Waals surface area contributed by atoms with Crippen LogP contribution in [0.15, 0.2) is 30.3 Å². The summed E-state index contributed by atoms with van der Waals surface area (Å²) in [7, 11) is 0. The van der Waals surface area contributed by atoms with Gasteiger partial charge in [0.15, 0.2) is 0 Å². The predicted molar refractivity (Wildman–Crippen MR) is 113 cm³/mol. The van der Waals surface area contributed by atoms with Crippen LogP contribution in [0.5, 0.6) is 0 Å². The molecule has 1 aromatic rings. The van der Waals surface area contributed by atoms with E-state index in [0.717, 1.165) is 31.7 Å². The van der Waals surface area contributed by atoms with Gasteiger partial charge in [-0.05, 0) is 19.4 Å². The molecule has 2 amide bonds. The minimum Gasteiger partial charge on any atom is -0.378 e. The number of rotatable bonds is 7. The lowest BCUT2D eigenvalue weighted by Crippen LogP contribution is -2.54. The maximum Gasteiger partial charge on any atom is 0.244 e. The molecule has 2 heterocycles. The van der Waals surface area contributed by atoms with E-state index in [4.69, 9.17) is 4.74 Å². The van der Waals surface area contributed by atoms with Gasteiger partial charge in [0, 0.05) is 52.4 Å². The van der Waals surface area contributed by atoms with Gasteiger partial charge in [-0.25, -0.2) is 0 Å². The van der Waals surface area contributed by atoms with E-state index in [0.29, 0.717) is 45.9 Å². The summed E-state index contributed by atoms with van der Waals surface area (Å²) in [4.78, 5) is 34.1. The molecule has 3 rings (SSSR count). The predicted octanol–water partition coefficient (Wildman–Crippen LogP) is 1.07. The third-order valence-corrected chi connectivity index (χ3v) is 5.92. The number of hydrogen-bond acceptors (Lipinski definition) is 5. The van der Waals surface area contributed by atoms with E-state index in [9.17, 15) is 9.59 Å². The first-order valence-corrected chi connectivity index (χ1v) is 10.8. The normalized spacial score (nSPS) is 19.7. The van der Waals surface area contributed by atoms with E-state index in [2.05, 4.69) is 9.80 Å². The smallest absolute Gasteiger partial charge is 0.244 e. The average Bonchev–Trinajstić information content (AvgIpc) is 2.77. The van der Waals surface area contributed by atoms with Crippen LogP contribution in [0.1, 0.15) is 25.5 Å². The molecule has 160 valence electrons. The summed E-state index contributed by atoms with van der Waals surface area (Å²) in [6, 6.07) is 9.80. The molecular weight excluding hydrogens is 368 g/mol. The quantitative estimate of drug-likeness (QED) is 0.683. The molecule has 7 nitrogen and oxygen atoms in total. The van der Waals surface area contributed by atoms with Crippen LogP contribution >= 0.6 is 0 Å². The Balaban J connectivity index is 1.62. The third-order valence-electron chi connectivity index (χ3n) is 5.92. The number of piperazine rings is 1. The van der Waals surface area contributed by atoms with Crippen LogP contribution in [0.4, 0.5) is 0 Å². The molecular formula is C22H34N4O3. The van der Waals surface area contributed by atoms with E-state index in [-0.39, 0.29) is 17.9 Å². The van der Waals surface area contributed by atoms with Crippen LogP contribution in [-0.4, -0.2) is 104 Å². The van der Waals surface area contributed by atoms with Crippen molar-refractivity contribution in [1.29, 1.82) is 0 Å². The first-order valence-electron chi connectivity index (χ1n) is 10.8. The van der Waals surface area contributed by atoms with E-state index < -0.39 is 0 Å². The SMILES string of the molecule is CCN(CC)C(=O)C(c1ccccc1)N1CCN(CC(=O)N2CCOCC2)CC1. The fraction of sp³-hybridized carbons (Fsp3) is 0.636. The Labute approximate surface area is 174 Å². The Hall–Kier alpha value is -1.96. The summed E-state index contributed by atoms with van der Waals surface area (Å²) in [6.07, 6.45) is 0. The van der Waals surface area contributed by atoms with Crippen LogP contribution < -0.4 is 0 Å². The Kier molecular flexibility index (Phi) is 8.03. The van der Waals surface area contributed by atoms with Gasteiger partial charge in [-0.15, -0.1) is 0 Å². The molecule has 0 N–H and O–H groups in total. The number of amides is 2. The van der Waals surface area contributed by atoms with Crippen molar-refractivity contribution in [1.82, 2.24) is 19.6 Å². The molecule has 2 aliphatic rings. The number of likely N-dealkylation sites (N-methyl/N-ethyl adjacent to an activating group) is 1. The van der Waals surface area contributed by atoms with Crippen molar-refractivity contribution in [3.05, 3.63) is 35.9 Å². The largest absolute Gasteiger partial charge is 0.378 e. The van der Waals surface area contributed by atoms with Crippen LogP contribution in [0, 0.1) is 0 Å². The molecule has 2 aliphatic heterocycles. The second kappa shape index (κ2) is 10.7. The highest BCUT2D eigenvalue weighted by atomic mass is 16.5. The Bertz CT molecular complexity index is 651. The van der Waals surface area contributed by atoms with E-state index >= 15 is 0 Å². The van der Waals surface area contributed by atoms with E-state index in [1.807, 2.05) is 54.0 Å². The zero-order valence-corrected chi connectivity index (χ0v) is 17.8. The number of carbonyl (C=O) groups excluding carboxylic acids is 2. The molecule has 2 saturated heterocycles. The van der Waals surface area contributed by atoms with Crippen molar-refractivity contribution < 1.29 is 14.3 Å². The Morgan fingerprint density at radius 2 is 1.59 bits per heavy atom. The number of morpholine rings is 1. The van der Waals surface area contributed by atoms with Gasteiger partial charge in [0.25, 0.3) is 0 Å². The van der Waals surface area contributed by atoms with Crippen molar-refractivity contribution in [2.75, 3.05) is 72.1 Å². The lowest BCUT2D eigenvalue weighted by molar-refractivity contribution is -0.140. The average molecular weight is 403 g/mol. The van der Waals surface area contributed by atoms with Gasteiger partial charge in [-0.1, -0.05) is 30.3 Å². The van der Waals surface area contributed by atoms with Crippen LogP contribution in [0.2, 0.25) is 0 Å². The van der Waals surface area contributed by atoms with Crippen LogP contribution in [0.25, 0.3) is 0 Å². The Morgan fingerprint density at radius 3 is 2.17 bits per heavy atom. The van der Waals surface area contributed by atoms with E-state index in [1.54, 1.807) is 0 Å². The lowest BCUT2D eigenvalue weighted by atomic mass is 10.0. The molecule has 2 fully saturated rings. The number of hydrogen-bond donors (Lipinski definition) is 0. The van der Waals surface area contributed by atoms with Gasteiger partial charge in [-0.3, -0.25) is 19.4 Å². The minimum atomic E-state index is -0.256. The van der Waals surface area contributed by atoms with Crippen molar-refractivity contribution in [2.45, 2.75) is 19.9 Å². The minimum absolute atomic E-state index is 0.166. The molecule has 7 heteroatoms. The van der Waals surface area contributed by atoms with Crippen molar-refractivity contribution >= 4 is 11.8 Å². The summed E-state index contributed by atoms with van der Waals surface area (Å²) in [5.41, 5.74) is 1.04. The summed E-state index contributed by atoms with van der Waals surface area (Å²) in [5, 5.41) is 0. The molecule has 0 aromatic heterocycles. The number of nitrogens with zero attached hydrogens (tertiary/aromatic N) is 4. The van der Waals surface area contributed by atoms with Gasteiger partial charge >= 0.3 is 0 Å². The summed E-state index contributed by atoms with van der Waals surface area (Å²) < 4.78 is 5.33. The molecule has 1 atom stereocenters. The number of carbonyl (C=O) groups is 2. The molecule has 0 bridgehead atoms. The zero-order chi connectivity index (χ0) is 20.6. The fourth-order valence-corrected chi connectivity index (χ4v) is 4.14. The topological polar surface area (TPSA) is 56.3 Å². The number of ether oxygens (including phenoxy) is 1. The molecule has 0 spiro atoms. The highest BCUT2D eigenvalue weighted by molar-refractivity contribution is 5.83. The zero-order valence-electron chi connectivity index (χ0n) is 17.8. The second-order valence-electron chi connectivity index (χ2n) is 7.63. The molecule has 0 radical (unpaired) electrons. The maximum atomic E-state index is 13.3. The van der Waals surface area contributed by atoms with Gasteiger partial charge < -0.3 is 14.5 Å². The van der Waals surface area contributed by atoms with Gasteiger partial charge in [0.05, 0.1) is 19.8 Å². The first-order chi connectivity index (χ1) is 14.1. The highest BCUT2D eigenvalue weighted by Gasteiger charge is 2.33. The fourth-order valence-electron chi connectivity index (χ4n) is 4.14. The van der Waals surface area contributed by atoms with Crippen molar-refractivity contribution in [3.8, 4) is 0 Å². The molecule has 1 unspecified atom stereocenters. The summed E-state index contributed by atoms with van der Waals surface area (Å²) in [5.74, 6) is 0.347. The van der Waals surface area contributed by atoms with Crippen LogP contribution in [-0.2, 0) is 14.3 Å². The van der Waals surface area contributed by atoms with Gasteiger partial charge in [-0.2, -0.15) is 0 Å².